The quantitative estimate of drug-likeness (QED) is 0.804. The molecule has 4 heteroatoms. The van der Waals surface area contributed by atoms with Crippen LogP contribution in [0, 0.1) is 0 Å². The Bertz CT molecular complexity index is 433. The second kappa shape index (κ2) is 4.40. The molecule has 0 aliphatic heterocycles. The predicted molar refractivity (Wildman–Crippen MR) is 61.9 cm³/mol. The molecule has 0 aliphatic carbocycles. The molecule has 3 nitrogen and oxygen atoms in total. The van der Waals surface area contributed by atoms with Gasteiger partial charge in [0, 0.05) is 0 Å². The number of hydrogen-bond donors (Lipinski definition) is 1. The Morgan fingerprint density at radius 3 is 3.00 bits per heavy atom. The number of amides is 1. The molecule has 0 saturated carbocycles. The minimum Gasteiger partial charge on any atom is -0.349 e. The number of nitrogens with zero attached hydrogens (tertiary/aromatic N) is 1. The van der Waals surface area contributed by atoms with Crippen LogP contribution in [0.15, 0.2) is 24.3 Å². The number of thiazole rings is 1. The molecule has 1 N–H and O–H groups in total. The predicted octanol–water partition coefficient (Wildman–Crippen LogP) is 2.49. The van der Waals surface area contributed by atoms with Gasteiger partial charge in [0.2, 0.25) is 6.41 Å². The number of para-hydroxylation sites is 1. The summed E-state index contributed by atoms with van der Waals surface area (Å²) in [6, 6.07) is 8.05. The maximum atomic E-state index is 10.4. The Morgan fingerprint density at radius 2 is 2.33 bits per heavy atom. The monoisotopic (exact) mass is 220 g/mol. The third-order valence-corrected chi connectivity index (χ3v) is 3.44. The fraction of sp³-hybridized carbons (Fsp3) is 0.273. The van der Waals surface area contributed by atoms with Gasteiger partial charge in [0.1, 0.15) is 5.01 Å². The Morgan fingerprint density at radius 1 is 1.53 bits per heavy atom. The highest BCUT2D eigenvalue weighted by atomic mass is 32.1. The van der Waals surface area contributed by atoms with E-state index >= 15 is 0 Å². The lowest BCUT2D eigenvalue weighted by Gasteiger charge is -2.08. The topological polar surface area (TPSA) is 42.0 Å². The molecule has 0 radical (unpaired) electrons. The van der Waals surface area contributed by atoms with Crippen LogP contribution in [-0.4, -0.2) is 11.4 Å². The standard InChI is InChI=1S/C11H12N2OS/c1-2-8(12-7-14)11-13-9-5-3-4-6-10(9)15-11/h3-8H,2H2,1H3,(H,12,14). The van der Waals surface area contributed by atoms with Gasteiger partial charge in [0.15, 0.2) is 0 Å². The number of nitrogens with one attached hydrogen (secondary N) is 1. The molecular weight excluding hydrogens is 208 g/mol. The van der Waals surface area contributed by atoms with Crippen LogP contribution in [0.5, 0.6) is 0 Å². The first kappa shape index (κ1) is 10.1. The number of fused-ring (bicyclic) bond motifs is 1. The number of rotatable bonds is 4. The molecule has 1 aromatic heterocycles. The Labute approximate surface area is 92.1 Å². The summed E-state index contributed by atoms with van der Waals surface area (Å²) in [7, 11) is 0. The second-order valence-corrected chi connectivity index (χ2v) is 4.33. The zero-order valence-corrected chi connectivity index (χ0v) is 9.25. The zero-order chi connectivity index (χ0) is 10.7. The van der Waals surface area contributed by atoms with Crippen LogP contribution in [0.25, 0.3) is 10.2 Å². The van der Waals surface area contributed by atoms with Crippen molar-refractivity contribution in [2.45, 2.75) is 19.4 Å². The number of carbonyl (C=O) groups is 1. The maximum absolute atomic E-state index is 10.4. The Balaban J connectivity index is 2.38. The van der Waals surface area contributed by atoms with Crippen molar-refractivity contribution in [2.75, 3.05) is 0 Å². The summed E-state index contributed by atoms with van der Waals surface area (Å²) < 4.78 is 1.17. The molecule has 0 bridgehead atoms. The van der Waals surface area contributed by atoms with E-state index < -0.39 is 0 Å². The molecule has 1 unspecified atom stereocenters. The van der Waals surface area contributed by atoms with Crippen molar-refractivity contribution in [3.05, 3.63) is 29.3 Å². The van der Waals surface area contributed by atoms with Crippen molar-refractivity contribution in [1.29, 1.82) is 0 Å². The van der Waals surface area contributed by atoms with Crippen LogP contribution >= 0.6 is 11.3 Å². The normalized spacial score (nSPS) is 12.6. The van der Waals surface area contributed by atoms with Gasteiger partial charge in [-0.15, -0.1) is 11.3 Å². The third-order valence-electron chi connectivity index (χ3n) is 2.29. The van der Waals surface area contributed by atoms with E-state index in [-0.39, 0.29) is 6.04 Å². The molecule has 78 valence electrons. The van der Waals surface area contributed by atoms with Crippen molar-refractivity contribution in [1.82, 2.24) is 10.3 Å². The fourth-order valence-electron chi connectivity index (χ4n) is 1.48. The molecule has 0 fully saturated rings. The zero-order valence-electron chi connectivity index (χ0n) is 8.43. The highest BCUT2D eigenvalue weighted by Gasteiger charge is 2.12. The van der Waals surface area contributed by atoms with E-state index in [1.165, 1.54) is 4.70 Å². The first-order chi connectivity index (χ1) is 7.35. The van der Waals surface area contributed by atoms with Gasteiger partial charge >= 0.3 is 0 Å². The van der Waals surface area contributed by atoms with Crippen LogP contribution in [-0.2, 0) is 4.79 Å². The van der Waals surface area contributed by atoms with E-state index in [2.05, 4.69) is 10.3 Å². The van der Waals surface area contributed by atoms with Gasteiger partial charge in [-0.1, -0.05) is 19.1 Å². The molecule has 2 aromatic rings. The summed E-state index contributed by atoms with van der Waals surface area (Å²) in [5.41, 5.74) is 1.00. The summed E-state index contributed by atoms with van der Waals surface area (Å²) in [5, 5.41) is 3.75. The van der Waals surface area contributed by atoms with E-state index in [4.69, 9.17) is 0 Å². The largest absolute Gasteiger partial charge is 0.349 e. The number of hydrogen-bond acceptors (Lipinski definition) is 3. The molecule has 2 rings (SSSR count). The van der Waals surface area contributed by atoms with Gasteiger partial charge in [-0.25, -0.2) is 4.98 Å². The maximum Gasteiger partial charge on any atom is 0.207 e. The van der Waals surface area contributed by atoms with Gasteiger partial charge in [-0.2, -0.15) is 0 Å². The van der Waals surface area contributed by atoms with Crippen molar-refractivity contribution < 1.29 is 4.79 Å². The SMILES string of the molecule is CCC(NC=O)c1nc2ccccc2s1. The van der Waals surface area contributed by atoms with Gasteiger partial charge < -0.3 is 5.32 Å². The van der Waals surface area contributed by atoms with E-state index in [1.54, 1.807) is 11.3 Å². The Hall–Kier alpha value is -1.42. The molecule has 1 amide bonds. The van der Waals surface area contributed by atoms with Crippen molar-refractivity contribution >= 4 is 28.0 Å². The average molecular weight is 220 g/mol. The van der Waals surface area contributed by atoms with Crippen molar-refractivity contribution in [3.8, 4) is 0 Å². The summed E-state index contributed by atoms with van der Waals surface area (Å²) in [6.45, 7) is 2.03. The van der Waals surface area contributed by atoms with Crippen LogP contribution in [0.3, 0.4) is 0 Å². The van der Waals surface area contributed by atoms with E-state index in [0.29, 0.717) is 0 Å². The summed E-state index contributed by atoms with van der Waals surface area (Å²) >= 11 is 1.64. The minimum atomic E-state index is 0.0416. The van der Waals surface area contributed by atoms with Crippen molar-refractivity contribution in [2.24, 2.45) is 0 Å². The smallest absolute Gasteiger partial charge is 0.207 e. The summed E-state index contributed by atoms with van der Waals surface area (Å²) in [5.74, 6) is 0. The molecule has 1 aromatic carbocycles. The fourth-order valence-corrected chi connectivity index (χ4v) is 2.60. The summed E-state index contributed by atoms with van der Waals surface area (Å²) in [6.07, 6.45) is 1.60. The lowest BCUT2D eigenvalue weighted by atomic mass is 10.2. The molecule has 0 spiro atoms. The van der Waals surface area contributed by atoms with E-state index in [9.17, 15) is 4.79 Å². The lowest BCUT2D eigenvalue weighted by Crippen LogP contribution is -2.18. The summed E-state index contributed by atoms with van der Waals surface area (Å²) in [4.78, 5) is 14.9. The third kappa shape index (κ3) is 1.99. The van der Waals surface area contributed by atoms with Gasteiger partial charge in [0.25, 0.3) is 0 Å². The molecule has 0 saturated heterocycles. The Kier molecular flexibility index (Phi) is 2.97. The van der Waals surface area contributed by atoms with Crippen LogP contribution < -0.4 is 5.32 Å². The van der Waals surface area contributed by atoms with E-state index in [1.807, 2.05) is 31.2 Å². The van der Waals surface area contributed by atoms with Crippen molar-refractivity contribution in [3.63, 3.8) is 0 Å². The second-order valence-electron chi connectivity index (χ2n) is 3.27. The van der Waals surface area contributed by atoms with Gasteiger partial charge in [-0.05, 0) is 18.6 Å². The number of aromatic nitrogens is 1. The molecular formula is C11H12N2OS. The average Bonchev–Trinajstić information content (AvgIpc) is 2.69. The number of benzene rings is 1. The highest BCUT2D eigenvalue weighted by molar-refractivity contribution is 7.18. The first-order valence-corrected chi connectivity index (χ1v) is 5.72. The highest BCUT2D eigenvalue weighted by Crippen LogP contribution is 2.27. The number of carbonyl (C=O) groups excluding carboxylic acids is 1. The van der Waals surface area contributed by atoms with Gasteiger partial charge in [-0.3, -0.25) is 4.79 Å². The van der Waals surface area contributed by atoms with Crippen LogP contribution in [0.2, 0.25) is 0 Å². The van der Waals surface area contributed by atoms with Crippen LogP contribution in [0.1, 0.15) is 24.4 Å². The molecule has 1 heterocycles. The van der Waals surface area contributed by atoms with Gasteiger partial charge in [0.05, 0.1) is 16.3 Å². The first-order valence-electron chi connectivity index (χ1n) is 4.90. The molecule has 15 heavy (non-hydrogen) atoms. The molecule has 0 aliphatic rings. The molecule has 1 atom stereocenters. The lowest BCUT2D eigenvalue weighted by molar-refractivity contribution is -0.110. The van der Waals surface area contributed by atoms with E-state index in [0.717, 1.165) is 23.4 Å². The minimum absolute atomic E-state index is 0.0416. The van der Waals surface area contributed by atoms with Crippen LogP contribution in [0.4, 0.5) is 0 Å².